The summed E-state index contributed by atoms with van der Waals surface area (Å²) in [5.74, 6) is 0.602. The summed E-state index contributed by atoms with van der Waals surface area (Å²) in [7, 11) is 4.67. The van der Waals surface area contributed by atoms with Crippen LogP contribution in [0.2, 0.25) is 0 Å². The number of nitrogens with zero attached hydrogens (tertiary/aromatic N) is 5. The van der Waals surface area contributed by atoms with Gasteiger partial charge in [-0.1, -0.05) is 12.7 Å². The van der Waals surface area contributed by atoms with Gasteiger partial charge in [0.05, 0.1) is 31.8 Å². The van der Waals surface area contributed by atoms with E-state index in [1.165, 1.54) is 20.3 Å². The summed E-state index contributed by atoms with van der Waals surface area (Å²) in [5, 5.41) is 3.38. The number of aliphatic imine (C=N–C) groups is 1. The van der Waals surface area contributed by atoms with E-state index in [1.54, 1.807) is 25.5 Å². The summed E-state index contributed by atoms with van der Waals surface area (Å²) < 4.78 is 26.2. The highest BCUT2D eigenvalue weighted by Gasteiger charge is 2.26. The fourth-order valence-corrected chi connectivity index (χ4v) is 4.08. The van der Waals surface area contributed by atoms with E-state index in [0.29, 0.717) is 40.7 Å². The molecule has 1 atom stereocenters. The van der Waals surface area contributed by atoms with Gasteiger partial charge in [0.15, 0.2) is 17.2 Å². The standard InChI is InChI=1S/C26H29FN6O2/c1-6-17(13-28-3)21-14-29-20-9-10-24(32-26(20)31-21)33(15-18-8-7-16(2)30-18)22-11-19(34-4)12-23(35-5)25(22)27/h6,9-14,18,30H,2,7-8,15H2,1,3-5H3/b17-6+,28-13?. The van der Waals surface area contributed by atoms with Gasteiger partial charge in [0.25, 0.3) is 0 Å². The Labute approximate surface area is 204 Å². The molecule has 182 valence electrons. The van der Waals surface area contributed by atoms with Crippen LogP contribution in [0, 0.1) is 5.82 Å². The van der Waals surface area contributed by atoms with Crippen LogP contribution in [0.5, 0.6) is 11.5 Å². The third-order valence-corrected chi connectivity index (χ3v) is 5.89. The van der Waals surface area contributed by atoms with Crippen LogP contribution in [-0.2, 0) is 0 Å². The highest BCUT2D eigenvalue weighted by Crippen LogP contribution is 2.37. The van der Waals surface area contributed by atoms with Crippen molar-refractivity contribution in [1.82, 2.24) is 20.3 Å². The van der Waals surface area contributed by atoms with E-state index in [1.807, 2.05) is 30.0 Å². The molecule has 1 saturated heterocycles. The van der Waals surface area contributed by atoms with Gasteiger partial charge in [0.1, 0.15) is 17.1 Å². The number of halogens is 1. The van der Waals surface area contributed by atoms with Crippen molar-refractivity contribution < 1.29 is 13.9 Å². The summed E-state index contributed by atoms with van der Waals surface area (Å²) in [6.07, 6.45) is 7.08. The van der Waals surface area contributed by atoms with Crippen LogP contribution < -0.4 is 19.7 Å². The Morgan fingerprint density at radius 1 is 1.29 bits per heavy atom. The lowest BCUT2D eigenvalue weighted by atomic mass is 10.1. The van der Waals surface area contributed by atoms with Crippen molar-refractivity contribution in [2.45, 2.75) is 25.8 Å². The van der Waals surface area contributed by atoms with Crippen LogP contribution in [0.1, 0.15) is 25.5 Å². The highest BCUT2D eigenvalue weighted by molar-refractivity contribution is 6.09. The molecular formula is C26H29FN6O2. The molecule has 1 aliphatic heterocycles. The Kier molecular flexibility index (Phi) is 7.24. The fourth-order valence-electron chi connectivity index (χ4n) is 4.08. The maximum absolute atomic E-state index is 15.6. The molecular weight excluding hydrogens is 447 g/mol. The van der Waals surface area contributed by atoms with E-state index in [-0.39, 0.29) is 11.8 Å². The van der Waals surface area contributed by atoms with Crippen LogP contribution in [0.3, 0.4) is 0 Å². The van der Waals surface area contributed by atoms with Crippen LogP contribution in [0.25, 0.3) is 16.7 Å². The number of ether oxygens (including phenoxy) is 2. The Bertz CT molecular complexity index is 1310. The number of methoxy groups -OCH3 is 2. The second-order valence-electron chi connectivity index (χ2n) is 8.16. The molecule has 1 N–H and O–H groups in total. The Hall–Kier alpha value is -4.01. The van der Waals surface area contributed by atoms with E-state index < -0.39 is 5.82 Å². The number of benzene rings is 1. The second kappa shape index (κ2) is 10.5. The highest BCUT2D eigenvalue weighted by atomic mass is 19.1. The number of fused-ring (bicyclic) bond motifs is 1. The molecule has 35 heavy (non-hydrogen) atoms. The Morgan fingerprint density at radius 2 is 2.11 bits per heavy atom. The summed E-state index contributed by atoms with van der Waals surface area (Å²) in [4.78, 5) is 19.9. The predicted octanol–water partition coefficient (Wildman–Crippen LogP) is 4.69. The molecule has 1 aliphatic rings. The minimum absolute atomic E-state index is 0.0735. The fraction of sp³-hybridized carbons (Fsp3) is 0.308. The Morgan fingerprint density at radius 3 is 2.77 bits per heavy atom. The maximum Gasteiger partial charge on any atom is 0.188 e. The molecule has 0 saturated carbocycles. The van der Waals surface area contributed by atoms with Crippen molar-refractivity contribution in [2.24, 2.45) is 4.99 Å². The first-order chi connectivity index (χ1) is 17.0. The minimum atomic E-state index is -0.498. The molecule has 2 aromatic heterocycles. The molecule has 8 nitrogen and oxygen atoms in total. The van der Waals surface area contributed by atoms with E-state index in [0.717, 1.165) is 24.1 Å². The average Bonchev–Trinajstić information content (AvgIpc) is 3.30. The molecule has 3 aromatic rings. The topological polar surface area (TPSA) is 84.8 Å². The van der Waals surface area contributed by atoms with Crippen molar-refractivity contribution in [1.29, 1.82) is 0 Å². The SMILES string of the molecule is C=C1CCC(CN(c2ccc3ncc(/C(C=NC)=C/C)nc3n2)c2cc(OC)cc(OC)c2F)N1. The van der Waals surface area contributed by atoms with Crippen LogP contribution in [0.15, 0.2) is 53.8 Å². The number of rotatable bonds is 8. The first kappa shape index (κ1) is 24.1. The molecule has 1 unspecified atom stereocenters. The lowest BCUT2D eigenvalue weighted by molar-refractivity contribution is 0.374. The molecule has 0 spiro atoms. The van der Waals surface area contributed by atoms with Crippen molar-refractivity contribution in [3.8, 4) is 11.5 Å². The smallest absolute Gasteiger partial charge is 0.188 e. The van der Waals surface area contributed by atoms with Gasteiger partial charge in [-0.25, -0.2) is 14.4 Å². The number of nitrogens with one attached hydrogen (secondary N) is 1. The monoisotopic (exact) mass is 476 g/mol. The van der Waals surface area contributed by atoms with E-state index in [9.17, 15) is 0 Å². The van der Waals surface area contributed by atoms with E-state index >= 15 is 4.39 Å². The lowest BCUT2D eigenvalue weighted by Gasteiger charge is -2.28. The molecule has 3 heterocycles. The largest absolute Gasteiger partial charge is 0.497 e. The Balaban J connectivity index is 1.84. The lowest BCUT2D eigenvalue weighted by Crippen LogP contribution is -2.35. The molecule has 0 radical (unpaired) electrons. The van der Waals surface area contributed by atoms with E-state index in [4.69, 9.17) is 19.4 Å². The molecule has 1 aromatic carbocycles. The third kappa shape index (κ3) is 5.08. The van der Waals surface area contributed by atoms with Crippen LogP contribution in [-0.4, -0.2) is 55.0 Å². The van der Waals surface area contributed by atoms with Gasteiger partial charge in [-0.2, -0.15) is 0 Å². The third-order valence-electron chi connectivity index (χ3n) is 5.89. The van der Waals surface area contributed by atoms with Gasteiger partial charge in [-0.15, -0.1) is 0 Å². The summed E-state index contributed by atoms with van der Waals surface area (Å²) >= 11 is 0. The van der Waals surface area contributed by atoms with Crippen LogP contribution in [0.4, 0.5) is 15.9 Å². The average molecular weight is 477 g/mol. The quantitative estimate of drug-likeness (QED) is 0.472. The van der Waals surface area contributed by atoms with Crippen LogP contribution >= 0.6 is 0 Å². The molecule has 1 fully saturated rings. The summed E-state index contributed by atoms with van der Waals surface area (Å²) in [5.41, 5.74) is 3.85. The van der Waals surface area contributed by atoms with Gasteiger partial charge >= 0.3 is 0 Å². The number of hydrogen-bond donors (Lipinski definition) is 1. The summed E-state index contributed by atoms with van der Waals surface area (Å²) in [6, 6.07) is 6.89. The van der Waals surface area contributed by atoms with Gasteiger partial charge < -0.3 is 19.7 Å². The number of hydrogen-bond acceptors (Lipinski definition) is 8. The molecule has 0 aliphatic carbocycles. The predicted molar refractivity (Wildman–Crippen MR) is 137 cm³/mol. The number of anilines is 2. The van der Waals surface area contributed by atoms with Crippen molar-refractivity contribution >= 4 is 34.5 Å². The number of allylic oxidation sites excluding steroid dienone is 3. The van der Waals surface area contributed by atoms with Gasteiger partial charge in [-0.05, 0) is 31.9 Å². The van der Waals surface area contributed by atoms with Crippen molar-refractivity contribution in [2.75, 3.05) is 32.7 Å². The molecule has 0 amide bonds. The summed E-state index contributed by atoms with van der Waals surface area (Å²) in [6.45, 7) is 6.40. The second-order valence-corrected chi connectivity index (χ2v) is 8.16. The van der Waals surface area contributed by atoms with Gasteiger partial charge in [0, 0.05) is 49.3 Å². The maximum atomic E-state index is 15.6. The zero-order valence-electron chi connectivity index (χ0n) is 20.4. The number of pyridine rings is 1. The zero-order valence-corrected chi connectivity index (χ0v) is 20.4. The van der Waals surface area contributed by atoms with Gasteiger partial charge in [-0.3, -0.25) is 9.98 Å². The van der Waals surface area contributed by atoms with Crippen molar-refractivity contribution in [3.63, 3.8) is 0 Å². The molecule has 9 heteroatoms. The first-order valence-corrected chi connectivity index (χ1v) is 11.3. The normalized spacial score (nSPS) is 16.1. The zero-order chi connectivity index (χ0) is 24.9. The minimum Gasteiger partial charge on any atom is -0.497 e. The number of aromatic nitrogens is 3. The van der Waals surface area contributed by atoms with Crippen molar-refractivity contribution in [3.05, 3.63) is 60.3 Å². The van der Waals surface area contributed by atoms with E-state index in [2.05, 4.69) is 21.9 Å². The first-order valence-electron chi connectivity index (χ1n) is 11.3. The molecule has 4 rings (SSSR count). The molecule has 0 bridgehead atoms. The van der Waals surface area contributed by atoms with Gasteiger partial charge in [0.2, 0.25) is 0 Å².